The Bertz CT molecular complexity index is 494. The van der Waals surface area contributed by atoms with Crippen LogP contribution in [-0.4, -0.2) is 10.9 Å². The molecule has 0 fully saturated rings. The fraction of sp³-hybridized carbons (Fsp3) is 0.0769. The molecule has 1 aromatic heterocycles. The van der Waals surface area contributed by atoms with Crippen molar-refractivity contribution in [1.29, 1.82) is 0 Å². The smallest absolute Gasteiger partial charge is 0.255 e. The van der Waals surface area contributed by atoms with Gasteiger partial charge in [-0.2, -0.15) is 0 Å². The Morgan fingerprint density at radius 2 is 2.06 bits per heavy atom. The molecule has 0 saturated heterocycles. The van der Waals surface area contributed by atoms with Crippen molar-refractivity contribution < 1.29 is 4.79 Å². The number of hydrogen-bond acceptors (Lipinski definition) is 2. The number of nitrogens with one attached hydrogen (secondary N) is 1. The molecular weight excluding hydrogens is 200 g/mol. The Hall–Kier alpha value is -2.16. The fourth-order valence-corrected chi connectivity index (χ4v) is 1.37. The van der Waals surface area contributed by atoms with Gasteiger partial charge in [0.15, 0.2) is 0 Å². The predicted octanol–water partition coefficient (Wildman–Crippen LogP) is 2.44. The van der Waals surface area contributed by atoms with E-state index >= 15 is 0 Å². The second-order valence-electron chi connectivity index (χ2n) is 3.47. The minimum absolute atomic E-state index is 0.131. The Labute approximate surface area is 94.1 Å². The average Bonchev–Trinajstić information content (AvgIpc) is 2.30. The van der Waals surface area contributed by atoms with Gasteiger partial charge in [-0.3, -0.25) is 9.78 Å². The summed E-state index contributed by atoms with van der Waals surface area (Å²) in [4.78, 5) is 15.7. The van der Waals surface area contributed by atoms with E-state index in [-0.39, 0.29) is 5.91 Å². The second-order valence-corrected chi connectivity index (χ2v) is 3.47. The molecule has 0 bridgehead atoms. The highest BCUT2D eigenvalue weighted by Gasteiger charge is 2.04. The maximum atomic E-state index is 11.8. The van der Waals surface area contributed by atoms with Crippen LogP contribution in [-0.2, 0) is 0 Å². The summed E-state index contributed by atoms with van der Waals surface area (Å²) in [5.41, 5.74) is 2.21. The molecular formula is C13H11N2O. The molecule has 3 nitrogen and oxygen atoms in total. The van der Waals surface area contributed by atoms with Crippen LogP contribution in [0, 0.1) is 13.1 Å². The van der Waals surface area contributed by atoms with Crippen molar-refractivity contribution in [1.82, 2.24) is 4.98 Å². The summed E-state index contributed by atoms with van der Waals surface area (Å²) < 4.78 is 0. The molecule has 79 valence electrons. The molecule has 0 saturated carbocycles. The van der Waals surface area contributed by atoms with E-state index in [1.54, 1.807) is 18.3 Å². The summed E-state index contributed by atoms with van der Waals surface area (Å²) in [6, 6.07) is 10.9. The summed E-state index contributed by atoms with van der Waals surface area (Å²) >= 11 is 0. The molecule has 1 radical (unpaired) electrons. The van der Waals surface area contributed by atoms with Gasteiger partial charge in [-0.25, -0.2) is 0 Å². The largest absolute Gasteiger partial charge is 0.321 e. The minimum atomic E-state index is -0.131. The van der Waals surface area contributed by atoms with Gasteiger partial charge in [0.25, 0.3) is 5.91 Å². The summed E-state index contributed by atoms with van der Waals surface area (Å²) in [6.07, 6.45) is 4.36. The van der Waals surface area contributed by atoms with Gasteiger partial charge < -0.3 is 5.32 Å². The average molecular weight is 211 g/mol. The summed E-state index contributed by atoms with van der Waals surface area (Å²) in [6.45, 7) is 1.88. The number of nitrogens with zero attached hydrogens (tertiary/aromatic N) is 1. The van der Waals surface area contributed by atoms with Crippen LogP contribution < -0.4 is 5.32 Å². The van der Waals surface area contributed by atoms with E-state index in [0.29, 0.717) is 11.3 Å². The summed E-state index contributed by atoms with van der Waals surface area (Å²) in [7, 11) is 0. The number of carbonyl (C=O) groups excluding carboxylic acids is 1. The van der Waals surface area contributed by atoms with Crippen molar-refractivity contribution in [3.8, 4) is 0 Å². The maximum absolute atomic E-state index is 11.8. The number of rotatable bonds is 2. The lowest BCUT2D eigenvalue weighted by Crippen LogP contribution is -2.11. The Morgan fingerprint density at radius 3 is 2.75 bits per heavy atom. The van der Waals surface area contributed by atoms with E-state index in [0.717, 1.165) is 5.56 Å². The normalized spacial score (nSPS) is 9.81. The molecule has 0 aliphatic rings. The van der Waals surface area contributed by atoms with Crippen LogP contribution in [0.25, 0.3) is 0 Å². The van der Waals surface area contributed by atoms with Crippen LogP contribution in [0.4, 0.5) is 5.69 Å². The quantitative estimate of drug-likeness (QED) is 0.829. The van der Waals surface area contributed by atoms with Gasteiger partial charge in [-0.05, 0) is 30.7 Å². The van der Waals surface area contributed by atoms with Gasteiger partial charge in [-0.1, -0.05) is 18.2 Å². The third-order valence-electron chi connectivity index (χ3n) is 2.11. The first-order valence-corrected chi connectivity index (χ1v) is 4.96. The number of anilines is 1. The summed E-state index contributed by atoms with van der Waals surface area (Å²) in [5, 5.41) is 2.78. The highest BCUT2D eigenvalue weighted by atomic mass is 16.1. The molecule has 0 aliphatic carbocycles. The van der Waals surface area contributed by atoms with Gasteiger partial charge >= 0.3 is 0 Å². The van der Waals surface area contributed by atoms with Crippen LogP contribution in [0.15, 0.2) is 42.6 Å². The number of aromatic nitrogens is 1. The molecule has 0 aliphatic heterocycles. The zero-order chi connectivity index (χ0) is 11.4. The SMILES string of the molecule is Cc1[c]ncc(NC(=O)c2ccccc2)c1. The predicted molar refractivity (Wildman–Crippen MR) is 62.2 cm³/mol. The molecule has 1 N–H and O–H groups in total. The standard InChI is InChI=1S/C13H11N2O/c1-10-7-12(9-14-8-10)15-13(16)11-5-3-2-4-6-11/h2-7,9H,1H3,(H,15,16). The topological polar surface area (TPSA) is 42.0 Å². The Morgan fingerprint density at radius 1 is 1.31 bits per heavy atom. The monoisotopic (exact) mass is 211 g/mol. The molecule has 1 heterocycles. The maximum Gasteiger partial charge on any atom is 0.255 e. The van der Waals surface area contributed by atoms with Crippen molar-refractivity contribution in [2.75, 3.05) is 5.32 Å². The number of amides is 1. The van der Waals surface area contributed by atoms with E-state index in [9.17, 15) is 4.79 Å². The minimum Gasteiger partial charge on any atom is -0.321 e. The first-order chi connectivity index (χ1) is 7.75. The number of benzene rings is 1. The lowest BCUT2D eigenvalue weighted by atomic mass is 10.2. The molecule has 3 heteroatoms. The molecule has 0 atom stereocenters. The lowest BCUT2D eigenvalue weighted by molar-refractivity contribution is 0.102. The lowest BCUT2D eigenvalue weighted by Gasteiger charge is -2.04. The Balaban J connectivity index is 2.14. The van der Waals surface area contributed by atoms with Gasteiger partial charge in [0.1, 0.15) is 0 Å². The van der Waals surface area contributed by atoms with Crippen molar-refractivity contribution in [2.24, 2.45) is 0 Å². The third-order valence-corrected chi connectivity index (χ3v) is 2.11. The molecule has 0 unspecified atom stereocenters. The molecule has 2 rings (SSSR count). The zero-order valence-electron chi connectivity index (χ0n) is 8.90. The van der Waals surface area contributed by atoms with Crippen LogP contribution >= 0.6 is 0 Å². The molecule has 16 heavy (non-hydrogen) atoms. The van der Waals surface area contributed by atoms with Crippen LogP contribution in [0.5, 0.6) is 0 Å². The van der Waals surface area contributed by atoms with Crippen LogP contribution in [0.1, 0.15) is 15.9 Å². The van der Waals surface area contributed by atoms with Crippen molar-refractivity contribution in [2.45, 2.75) is 6.92 Å². The second kappa shape index (κ2) is 4.57. The van der Waals surface area contributed by atoms with E-state index in [2.05, 4.69) is 16.5 Å². The van der Waals surface area contributed by atoms with E-state index < -0.39 is 0 Å². The van der Waals surface area contributed by atoms with Crippen LogP contribution in [0.3, 0.4) is 0 Å². The van der Waals surface area contributed by atoms with E-state index in [1.165, 1.54) is 0 Å². The van der Waals surface area contributed by atoms with Crippen molar-refractivity contribution in [3.05, 3.63) is 59.9 Å². The Kier molecular flexibility index (Phi) is 2.96. The molecule has 1 aromatic carbocycles. The fourth-order valence-electron chi connectivity index (χ4n) is 1.37. The first kappa shape index (κ1) is 10.4. The zero-order valence-corrected chi connectivity index (χ0v) is 8.90. The molecule has 1 amide bonds. The van der Waals surface area contributed by atoms with Crippen molar-refractivity contribution >= 4 is 11.6 Å². The number of hydrogen-bond donors (Lipinski definition) is 1. The van der Waals surface area contributed by atoms with Crippen molar-refractivity contribution in [3.63, 3.8) is 0 Å². The first-order valence-electron chi connectivity index (χ1n) is 4.96. The summed E-state index contributed by atoms with van der Waals surface area (Å²) in [5.74, 6) is -0.131. The number of aryl methyl sites for hydroxylation is 1. The third kappa shape index (κ3) is 2.45. The van der Waals surface area contributed by atoms with E-state index in [4.69, 9.17) is 0 Å². The van der Waals surface area contributed by atoms with Gasteiger partial charge in [0.2, 0.25) is 0 Å². The van der Waals surface area contributed by atoms with Gasteiger partial charge in [0.05, 0.1) is 18.1 Å². The van der Waals surface area contributed by atoms with E-state index in [1.807, 2.05) is 31.2 Å². The van der Waals surface area contributed by atoms with Gasteiger partial charge in [-0.15, -0.1) is 0 Å². The highest BCUT2D eigenvalue weighted by Crippen LogP contribution is 2.09. The molecule has 0 spiro atoms. The number of pyridine rings is 1. The van der Waals surface area contributed by atoms with Crippen LogP contribution in [0.2, 0.25) is 0 Å². The highest BCUT2D eigenvalue weighted by molar-refractivity contribution is 6.04. The van der Waals surface area contributed by atoms with Gasteiger partial charge in [0, 0.05) is 5.56 Å². The molecule has 2 aromatic rings. The number of carbonyl (C=O) groups is 1.